The summed E-state index contributed by atoms with van der Waals surface area (Å²) in [6.07, 6.45) is 3.72. The Bertz CT molecular complexity index is 406. The van der Waals surface area contributed by atoms with Gasteiger partial charge in [0.25, 0.3) is 0 Å². The van der Waals surface area contributed by atoms with E-state index >= 15 is 0 Å². The van der Waals surface area contributed by atoms with Crippen LogP contribution in [0.2, 0.25) is 0 Å². The summed E-state index contributed by atoms with van der Waals surface area (Å²) in [5.41, 5.74) is 0. The number of carbonyl (C=O) groups is 3. The normalized spacial score (nSPS) is 23.6. The second-order valence-electron chi connectivity index (χ2n) is 5.40. The number of urea groups is 1. The smallest absolute Gasteiger partial charge is 0.323 e. The van der Waals surface area contributed by atoms with Crippen molar-refractivity contribution in [3.8, 4) is 0 Å². The fraction of sp³-hybridized carbons (Fsp3) is 0.769. The highest BCUT2D eigenvalue weighted by Crippen LogP contribution is 2.25. The minimum atomic E-state index is -1.01. The van der Waals surface area contributed by atoms with Gasteiger partial charge in [-0.05, 0) is 19.8 Å². The lowest BCUT2D eigenvalue weighted by Crippen LogP contribution is -2.60. The Morgan fingerprint density at radius 1 is 1.40 bits per heavy atom. The first kappa shape index (κ1) is 14.6. The first-order valence-electron chi connectivity index (χ1n) is 7.07. The zero-order valence-electron chi connectivity index (χ0n) is 11.7. The van der Waals surface area contributed by atoms with Crippen LogP contribution in [0.4, 0.5) is 4.79 Å². The van der Waals surface area contributed by atoms with Gasteiger partial charge in [-0.2, -0.15) is 0 Å². The van der Waals surface area contributed by atoms with Crippen LogP contribution in [0.15, 0.2) is 0 Å². The van der Waals surface area contributed by atoms with Gasteiger partial charge in [-0.1, -0.05) is 12.8 Å². The van der Waals surface area contributed by atoms with Crippen LogP contribution < -0.4 is 5.32 Å². The summed E-state index contributed by atoms with van der Waals surface area (Å²) in [6.45, 7) is 2.21. The van der Waals surface area contributed by atoms with E-state index in [0.717, 1.165) is 25.7 Å². The van der Waals surface area contributed by atoms with Gasteiger partial charge in [-0.25, -0.2) is 4.79 Å². The van der Waals surface area contributed by atoms with Gasteiger partial charge in [0.2, 0.25) is 5.91 Å². The number of nitrogens with zero attached hydrogens (tertiary/aromatic N) is 2. The molecule has 20 heavy (non-hydrogen) atoms. The number of aliphatic carboxylic acids is 1. The molecule has 1 aliphatic heterocycles. The van der Waals surface area contributed by atoms with Crippen LogP contribution in [0, 0.1) is 0 Å². The Kier molecular flexibility index (Phi) is 4.46. The average molecular weight is 283 g/mol. The number of piperazine rings is 1. The highest BCUT2D eigenvalue weighted by molar-refractivity contribution is 5.89. The molecule has 1 unspecified atom stereocenters. The average Bonchev–Trinajstić information content (AvgIpc) is 2.92. The summed E-state index contributed by atoms with van der Waals surface area (Å²) < 4.78 is 0. The molecule has 0 aromatic carbocycles. The maximum atomic E-state index is 12.6. The van der Waals surface area contributed by atoms with Gasteiger partial charge in [0.15, 0.2) is 0 Å². The molecule has 0 aromatic rings. The Morgan fingerprint density at radius 3 is 2.65 bits per heavy atom. The second kappa shape index (κ2) is 6.11. The highest BCUT2D eigenvalue weighted by Gasteiger charge is 2.36. The SMILES string of the molecule is CC1C(=O)NCCN1C(=O)N(CC(=O)O)C1CCCC1. The summed E-state index contributed by atoms with van der Waals surface area (Å²) in [5.74, 6) is -1.20. The van der Waals surface area contributed by atoms with Crippen molar-refractivity contribution in [3.05, 3.63) is 0 Å². The summed E-state index contributed by atoms with van der Waals surface area (Å²) in [4.78, 5) is 38.1. The summed E-state index contributed by atoms with van der Waals surface area (Å²) in [7, 11) is 0. The van der Waals surface area contributed by atoms with Crippen LogP contribution in [0.5, 0.6) is 0 Å². The lowest BCUT2D eigenvalue weighted by molar-refractivity contribution is -0.138. The van der Waals surface area contributed by atoms with Crippen LogP contribution in [-0.4, -0.2) is 64.5 Å². The predicted octanol–water partition coefficient (Wildman–Crippen LogP) is 0.256. The zero-order valence-corrected chi connectivity index (χ0v) is 11.7. The molecule has 2 N–H and O–H groups in total. The molecule has 1 aliphatic carbocycles. The molecule has 1 saturated carbocycles. The molecule has 0 bridgehead atoms. The summed E-state index contributed by atoms with van der Waals surface area (Å²) in [5, 5.41) is 11.7. The first-order chi connectivity index (χ1) is 9.50. The van der Waals surface area contributed by atoms with Crippen LogP contribution >= 0.6 is 0 Å². The minimum Gasteiger partial charge on any atom is -0.480 e. The molecule has 7 heteroatoms. The maximum absolute atomic E-state index is 12.6. The Balaban J connectivity index is 2.12. The van der Waals surface area contributed by atoms with Crippen LogP contribution in [0.25, 0.3) is 0 Å². The first-order valence-corrected chi connectivity index (χ1v) is 7.07. The quantitative estimate of drug-likeness (QED) is 0.777. The maximum Gasteiger partial charge on any atom is 0.323 e. The van der Waals surface area contributed by atoms with Crippen molar-refractivity contribution in [1.82, 2.24) is 15.1 Å². The molecule has 0 spiro atoms. The van der Waals surface area contributed by atoms with E-state index in [9.17, 15) is 14.4 Å². The fourth-order valence-electron chi connectivity index (χ4n) is 2.92. The molecule has 2 fully saturated rings. The summed E-state index contributed by atoms with van der Waals surface area (Å²) >= 11 is 0. The minimum absolute atomic E-state index is 0.0178. The molecule has 1 saturated heterocycles. The largest absolute Gasteiger partial charge is 0.480 e. The molecule has 0 radical (unpaired) electrons. The Morgan fingerprint density at radius 2 is 2.05 bits per heavy atom. The standard InChI is InChI=1S/C13H21N3O4/c1-9-12(19)14-6-7-15(9)13(20)16(8-11(17)18)10-4-2-3-5-10/h9-10H,2-8H2,1H3,(H,14,19)(H,17,18). The fourth-order valence-corrected chi connectivity index (χ4v) is 2.92. The topological polar surface area (TPSA) is 90.0 Å². The number of carboxylic acid groups (broad SMARTS) is 1. The van der Waals surface area contributed by atoms with Crippen molar-refractivity contribution >= 4 is 17.9 Å². The van der Waals surface area contributed by atoms with Crippen molar-refractivity contribution in [2.75, 3.05) is 19.6 Å². The molecular weight excluding hydrogens is 262 g/mol. The molecule has 7 nitrogen and oxygen atoms in total. The number of carboxylic acids is 1. The number of hydrogen-bond donors (Lipinski definition) is 2. The van der Waals surface area contributed by atoms with Gasteiger partial charge < -0.3 is 20.2 Å². The van der Waals surface area contributed by atoms with E-state index in [4.69, 9.17) is 5.11 Å². The number of amides is 3. The van der Waals surface area contributed by atoms with Crippen LogP contribution in [-0.2, 0) is 9.59 Å². The van der Waals surface area contributed by atoms with Gasteiger partial charge in [-0.3, -0.25) is 9.59 Å². The van der Waals surface area contributed by atoms with E-state index in [1.165, 1.54) is 9.80 Å². The number of hydrogen-bond acceptors (Lipinski definition) is 3. The van der Waals surface area contributed by atoms with Gasteiger partial charge in [0, 0.05) is 19.1 Å². The third kappa shape index (κ3) is 3.02. The lowest BCUT2D eigenvalue weighted by Gasteiger charge is -2.38. The highest BCUT2D eigenvalue weighted by atomic mass is 16.4. The third-order valence-corrected chi connectivity index (χ3v) is 4.06. The van der Waals surface area contributed by atoms with Crippen LogP contribution in [0.3, 0.4) is 0 Å². The van der Waals surface area contributed by atoms with Crippen molar-refractivity contribution in [1.29, 1.82) is 0 Å². The second-order valence-corrected chi connectivity index (χ2v) is 5.40. The molecule has 1 heterocycles. The van der Waals surface area contributed by atoms with E-state index in [2.05, 4.69) is 5.32 Å². The zero-order chi connectivity index (χ0) is 14.7. The van der Waals surface area contributed by atoms with Crippen molar-refractivity contribution in [3.63, 3.8) is 0 Å². The summed E-state index contributed by atoms with van der Waals surface area (Å²) in [6, 6.07) is -0.897. The van der Waals surface area contributed by atoms with Crippen molar-refractivity contribution in [2.24, 2.45) is 0 Å². The molecule has 2 rings (SSSR count). The van der Waals surface area contributed by atoms with Gasteiger partial charge in [0.05, 0.1) is 0 Å². The van der Waals surface area contributed by atoms with Crippen molar-refractivity contribution < 1.29 is 19.5 Å². The molecular formula is C13H21N3O4. The van der Waals surface area contributed by atoms with E-state index in [0.29, 0.717) is 13.1 Å². The number of carbonyl (C=O) groups excluding carboxylic acids is 2. The molecule has 3 amide bonds. The molecule has 112 valence electrons. The number of rotatable bonds is 3. The van der Waals surface area contributed by atoms with E-state index in [-0.39, 0.29) is 24.5 Å². The van der Waals surface area contributed by atoms with E-state index in [1.807, 2.05) is 0 Å². The lowest BCUT2D eigenvalue weighted by atomic mass is 10.2. The molecule has 1 atom stereocenters. The van der Waals surface area contributed by atoms with E-state index < -0.39 is 12.0 Å². The van der Waals surface area contributed by atoms with Gasteiger partial charge in [-0.15, -0.1) is 0 Å². The van der Waals surface area contributed by atoms with Crippen molar-refractivity contribution in [2.45, 2.75) is 44.7 Å². The Hall–Kier alpha value is -1.79. The Labute approximate surface area is 117 Å². The van der Waals surface area contributed by atoms with Crippen LogP contribution in [0.1, 0.15) is 32.6 Å². The number of nitrogens with one attached hydrogen (secondary N) is 1. The van der Waals surface area contributed by atoms with Gasteiger partial charge in [0.1, 0.15) is 12.6 Å². The predicted molar refractivity (Wildman–Crippen MR) is 71.2 cm³/mol. The van der Waals surface area contributed by atoms with Gasteiger partial charge >= 0.3 is 12.0 Å². The van der Waals surface area contributed by atoms with E-state index in [1.54, 1.807) is 6.92 Å². The molecule has 2 aliphatic rings. The molecule has 0 aromatic heterocycles. The monoisotopic (exact) mass is 283 g/mol. The third-order valence-electron chi connectivity index (χ3n) is 4.06.